The molecule has 3 rings (SSSR count). The predicted molar refractivity (Wildman–Crippen MR) is 97.9 cm³/mol. The SMILES string of the molecule is Cc1nc([C@@H]2CCCN(C(=O)COC(C)C)C2)cc(N2CCCC2)n1. The maximum Gasteiger partial charge on any atom is 0.248 e. The molecule has 0 aromatic carbocycles. The third-order valence-electron chi connectivity index (χ3n) is 5.01. The normalized spacial score (nSPS) is 21.2. The third kappa shape index (κ3) is 4.69. The summed E-state index contributed by atoms with van der Waals surface area (Å²) < 4.78 is 5.48. The van der Waals surface area contributed by atoms with Gasteiger partial charge in [0, 0.05) is 38.2 Å². The van der Waals surface area contributed by atoms with Crippen molar-refractivity contribution in [1.82, 2.24) is 14.9 Å². The molecule has 138 valence electrons. The van der Waals surface area contributed by atoms with Crippen molar-refractivity contribution in [1.29, 1.82) is 0 Å². The number of amides is 1. The fraction of sp³-hybridized carbons (Fsp3) is 0.737. The Bertz CT molecular complexity index is 599. The van der Waals surface area contributed by atoms with Crippen molar-refractivity contribution in [2.45, 2.75) is 58.5 Å². The highest BCUT2D eigenvalue weighted by molar-refractivity contribution is 5.77. The molecular formula is C19H30N4O2. The average Bonchev–Trinajstić information content (AvgIpc) is 3.14. The summed E-state index contributed by atoms with van der Waals surface area (Å²) in [5.41, 5.74) is 1.08. The van der Waals surface area contributed by atoms with Crippen molar-refractivity contribution in [2.75, 3.05) is 37.7 Å². The largest absolute Gasteiger partial charge is 0.369 e. The van der Waals surface area contributed by atoms with Crippen LogP contribution in [0.5, 0.6) is 0 Å². The Kier molecular flexibility index (Phi) is 5.89. The van der Waals surface area contributed by atoms with E-state index in [1.807, 2.05) is 25.7 Å². The van der Waals surface area contributed by atoms with Crippen LogP contribution in [0.3, 0.4) is 0 Å². The number of hydrogen-bond acceptors (Lipinski definition) is 5. The second-order valence-corrected chi connectivity index (χ2v) is 7.43. The molecular weight excluding hydrogens is 316 g/mol. The Balaban J connectivity index is 1.69. The fourth-order valence-corrected chi connectivity index (χ4v) is 3.67. The van der Waals surface area contributed by atoms with Gasteiger partial charge >= 0.3 is 0 Å². The number of piperidine rings is 1. The van der Waals surface area contributed by atoms with Crippen molar-refractivity contribution < 1.29 is 9.53 Å². The first-order valence-electron chi connectivity index (χ1n) is 9.53. The van der Waals surface area contributed by atoms with Crippen LogP contribution in [0.1, 0.15) is 57.0 Å². The van der Waals surface area contributed by atoms with Crippen molar-refractivity contribution in [2.24, 2.45) is 0 Å². The van der Waals surface area contributed by atoms with Crippen molar-refractivity contribution >= 4 is 11.7 Å². The van der Waals surface area contributed by atoms with Crippen LogP contribution in [-0.2, 0) is 9.53 Å². The molecule has 1 aromatic rings. The molecule has 25 heavy (non-hydrogen) atoms. The van der Waals surface area contributed by atoms with Gasteiger partial charge in [-0.1, -0.05) is 0 Å². The fourth-order valence-electron chi connectivity index (χ4n) is 3.67. The van der Waals surface area contributed by atoms with E-state index in [1.54, 1.807) is 0 Å². The lowest BCUT2D eigenvalue weighted by atomic mass is 9.94. The Labute approximate surface area is 150 Å². The summed E-state index contributed by atoms with van der Waals surface area (Å²) in [6, 6.07) is 2.14. The lowest BCUT2D eigenvalue weighted by molar-refractivity contribution is -0.138. The summed E-state index contributed by atoms with van der Waals surface area (Å²) in [7, 11) is 0. The number of anilines is 1. The first-order valence-corrected chi connectivity index (χ1v) is 9.53. The van der Waals surface area contributed by atoms with E-state index in [1.165, 1.54) is 12.8 Å². The Morgan fingerprint density at radius 1 is 1.24 bits per heavy atom. The topological polar surface area (TPSA) is 58.6 Å². The second kappa shape index (κ2) is 8.13. The van der Waals surface area contributed by atoms with Crippen LogP contribution in [0.25, 0.3) is 0 Å². The molecule has 0 radical (unpaired) electrons. The molecule has 0 N–H and O–H groups in total. The molecule has 0 spiro atoms. The summed E-state index contributed by atoms with van der Waals surface area (Å²) >= 11 is 0. The molecule has 0 unspecified atom stereocenters. The lowest BCUT2D eigenvalue weighted by Crippen LogP contribution is -2.41. The number of hydrogen-bond donors (Lipinski definition) is 0. The Morgan fingerprint density at radius 2 is 2.00 bits per heavy atom. The van der Waals surface area contributed by atoms with Crippen molar-refractivity contribution in [3.05, 3.63) is 17.6 Å². The Morgan fingerprint density at radius 3 is 2.72 bits per heavy atom. The van der Waals surface area contributed by atoms with Crippen molar-refractivity contribution in [3.8, 4) is 0 Å². The number of carbonyl (C=O) groups excluding carboxylic acids is 1. The maximum atomic E-state index is 12.4. The molecule has 6 nitrogen and oxygen atoms in total. The highest BCUT2D eigenvalue weighted by Crippen LogP contribution is 2.28. The number of nitrogens with zero attached hydrogens (tertiary/aromatic N) is 4. The minimum Gasteiger partial charge on any atom is -0.369 e. The van der Waals surface area contributed by atoms with Gasteiger partial charge < -0.3 is 14.5 Å². The average molecular weight is 346 g/mol. The van der Waals surface area contributed by atoms with Crippen LogP contribution < -0.4 is 4.90 Å². The summed E-state index contributed by atoms with van der Waals surface area (Å²) in [5, 5.41) is 0. The van der Waals surface area contributed by atoms with E-state index in [9.17, 15) is 4.79 Å². The van der Waals surface area contributed by atoms with Crippen LogP contribution in [0.2, 0.25) is 0 Å². The quantitative estimate of drug-likeness (QED) is 0.820. The maximum absolute atomic E-state index is 12.4. The van der Waals surface area contributed by atoms with Gasteiger partial charge in [0.1, 0.15) is 18.2 Å². The molecule has 2 fully saturated rings. The highest BCUT2D eigenvalue weighted by Gasteiger charge is 2.27. The first kappa shape index (κ1) is 18.1. The van der Waals surface area contributed by atoms with Gasteiger partial charge in [-0.2, -0.15) is 0 Å². The van der Waals surface area contributed by atoms with E-state index >= 15 is 0 Å². The van der Waals surface area contributed by atoms with E-state index in [0.717, 1.165) is 56.4 Å². The summed E-state index contributed by atoms with van der Waals surface area (Å²) in [6.45, 7) is 9.76. The molecule has 0 saturated carbocycles. The zero-order valence-electron chi connectivity index (χ0n) is 15.7. The van der Waals surface area contributed by atoms with Crippen molar-refractivity contribution in [3.63, 3.8) is 0 Å². The minimum atomic E-state index is 0.0806. The first-order chi connectivity index (χ1) is 12.0. The summed E-state index contributed by atoms with van der Waals surface area (Å²) in [6.07, 6.45) is 4.64. The summed E-state index contributed by atoms with van der Waals surface area (Å²) in [4.78, 5) is 26.0. The standard InChI is InChI=1S/C19H30N4O2/c1-14(2)25-13-19(24)23-10-6-7-16(12-23)17-11-18(21-15(3)20-17)22-8-4-5-9-22/h11,14,16H,4-10,12-13H2,1-3H3/t16-/m1/s1. The predicted octanol–water partition coefficient (Wildman–Crippen LogP) is 2.52. The zero-order valence-corrected chi connectivity index (χ0v) is 15.7. The molecule has 0 bridgehead atoms. The molecule has 2 aliphatic heterocycles. The monoisotopic (exact) mass is 346 g/mol. The lowest BCUT2D eigenvalue weighted by Gasteiger charge is -2.33. The number of aryl methyl sites for hydroxylation is 1. The molecule has 1 aromatic heterocycles. The molecule has 1 amide bonds. The van der Waals surface area contributed by atoms with Crippen LogP contribution in [0.4, 0.5) is 5.82 Å². The molecule has 3 heterocycles. The van der Waals surface area contributed by atoms with E-state index in [0.29, 0.717) is 5.92 Å². The van der Waals surface area contributed by atoms with Crippen LogP contribution in [0.15, 0.2) is 6.07 Å². The van der Waals surface area contributed by atoms with Gasteiger partial charge in [0.15, 0.2) is 0 Å². The van der Waals surface area contributed by atoms with Gasteiger partial charge in [-0.25, -0.2) is 9.97 Å². The van der Waals surface area contributed by atoms with Gasteiger partial charge in [-0.15, -0.1) is 0 Å². The smallest absolute Gasteiger partial charge is 0.248 e. The summed E-state index contributed by atoms with van der Waals surface area (Å²) in [5.74, 6) is 2.25. The number of ether oxygens (including phenoxy) is 1. The van der Waals surface area contributed by atoms with Crippen LogP contribution >= 0.6 is 0 Å². The van der Waals surface area contributed by atoms with E-state index < -0.39 is 0 Å². The van der Waals surface area contributed by atoms with Gasteiger partial charge in [0.05, 0.1) is 11.8 Å². The van der Waals surface area contributed by atoms with Crippen LogP contribution in [-0.4, -0.2) is 59.7 Å². The van der Waals surface area contributed by atoms with Crippen LogP contribution in [0, 0.1) is 6.92 Å². The highest BCUT2D eigenvalue weighted by atomic mass is 16.5. The molecule has 2 saturated heterocycles. The van der Waals surface area contributed by atoms with Gasteiger partial charge in [-0.05, 0) is 46.5 Å². The Hall–Kier alpha value is -1.69. The van der Waals surface area contributed by atoms with E-state index in [2.05, 4.69) is 20.9 Å². The third-order valence-corrected chi connectivity index (χ3v) is 5.01. The van der Waals surface area contributed by atoms with Gasteiger partial charge in [0.2, 0.25) is 5.91 Å². The van der Waals surface area contributed by atoms with E-state index in [-0.39, 0.29) is 18.6 Å². The number of rotatable bonds is 5. The van der Waals surface area contributed by atoms with E-state index in [4.69, 9.17) is 4.74 Å². The van der Waals surface area contributed by atoms with Gasteiger partial charge in [0.25, 0.3) is 0 Å². The molecule has 6 heteroatoms. The minimum absolute atomic E-state index is 0.0806. The molecule has 2 aliphatic rings. The van der Waals surface area contributed by atoms with Gasteiger partial charge in [-0.3, -0.25) is 4.79 Å². The number of aromatic nitrogens is 2. The number of carbonyl (C=O) groups is 1. The molecule has 1 atom stereocenters. The zero-order chi connectivity index (χ0) is 17.8. The molecule has 0 aliphatic carbocycles. The second-order valence-electron chi connectivity index (χ2n) is 7.43. The number of likely N-dealkylation sites (tertiary alicyclic amines) is 1.